The first-order chi connectivity index (χ1) is 11.8. The van der Waals surface area contributed by atoms with E-state index in [0.717, 1.165) is 31.5 Å². The second-order valence-electron chi connectivity index (χ2n) is 7.89. The summed E-state index contributed by atoms with van der Waals surface area (Å²) in [6, 6.07) is 11.5. The van der Waals surface area contributed by atoms with Crippen molar-refractivity contribution in [2.24, 2.45) is 5.73 Å². The predicted octanol–water partition coefficient (Wildman–Crippen LogP) is 5.10. The van der Waals surface area contributed by atoms with Gasteiger partial charge >= 0.3 is 0 Å². The molecule has 0 bridgehead atoms. The van der Waals surface area contributed by atoms with Crippen LogP contribution in [0.2, 0.25) is 0 Å². The molecule has 1 atom stereocenters. The Morgan fingerprint density at radius 3 is 2.48 bits per heavy atom. The molecule has 0 saturated carbocycles. The minimum Gasteiger partial charge on any atom is -0.367 e. The number of halogens is 1. The van der Waals surface area contributed by atoms with E-state index in [9.17, 15) is 4.39 Å². The highest BCUT2D eigenvalue weighted by atomic mass is 19.1. The third-order valence-corrected chi connectivity index (χ3v) is 5.49. The molecule has 3 heteroatoms. The molecule has 2 nitrogen and oxygen atoms in total. The number of nitrogens with two attached hydrogens (primary N) is 1. The quantitative estimate of drug-likeness (QED) is 0.839. The summed E-state index contributed by atoms with van der Waals surface area (Å²) >= 11 is 0. The molecule has 0 spiro atoms. The fourth-order valence-corrected chi connectivity index (χ4v) is 3.83. The van der Waals surface area contributed by atoms with E-state index in [4.69, 9.17) is 5.73 Å². The molecule has 0 amide bonds. The molecule has 0 aliphatic carbocycles. The first-order valence-electron chi connectivity index (χ1n) is 9.24. The zero-order valence-corrected chi connectivity index (χ0v) is 15.8. The predicted molar refractivity (Wildman–Crippen MR) is 104 cm³/mol. The van der Waals surface area contributed by atoms with Gasteiger partial charge in [-0.25, -0.2) is 4.39 Å². The van der Waals surface area contributed by atoms with Crippen LogP contribution in [0.4, 0.5) is 10.1 Å². The summed E-state index contributed by atoms with van der Waals surface area (Å²) in [5, 5.41) is 0. The normalized spacial score (nSPS) is 17.3. The largest absolute Gasteiger partial charge is 0.367 e. The molecule has 1 unspecified atom stereocenters. The van der Waals surface area contributed by atoms with E-state index >= 15 is 0 Å². The molecule has 3 rings (SSSR count). The van der Waals surface area contributed by atoms with Crippen LogP contribution in [0.15, 0.2) is 36.4 Å². The smallest absolute Gasteiger partial charge is 0.123 e. The number of benzene rings is 2. The van der Waals surface area contributed by atoms with Crippen LogP contribution >= 0.6 is 0 Å². The Morgan fingerprint density at radius 2 is 1.88 bits per heavy atom. The van der Waals surface area contributed by atoms with Crippen molar-refractivity contribution in [1.29, 1.82) is 0 Å². The van der Waals surface area contributed by atoms with Crippen LogP contribution < -0.4 is 10.6 Å². The lowest BCUT2D eigenvalue weighted by Crippen LogP contribution is -2.37. The summed E-state index contributed by atoms with van der Waals surface area (Å²) in [5.41, 5.74) is 12.8. The molecule has 0 saturated heterocycles. The van der Waals surface area contributed by atoms with Gasteiger partial charge < -0.3 is 10.6 Å². The summed E-state index contributed by atoms with van der Waals surface area (Å²) in [7, 11) is 0. The minimum absolute atomic E-state index is 0.0259. The van der Waals surface area contributed by atoms with E-state index in [1.165, 1.54) is 34.5 Å². The van der Waals surface area contributed by atoms with Crippen LogP contribution in [0.25, 0.3) is 0 Å². The van der Waals surface area contributed by atoms with Crippen molar-refractivity contribution >= 4 is 5.69 Å². The lowest BCUT2D eigenvalue weighted by Gasteiger charge is -2.41. The van der Waals surface area contributed by atoms with E-state index in [1.54, 1.807) is 0 Å². The zero-order valence-electron chi connectivity index (χ0n) is 15.8. The average molecular weight is 340 g/mol. The monoisotopic (exact) mass is 340 g/mol. The Labute approximate surface area is 150 Å². The summed E-state index contributed by atoms with van der Waals surface area (Å²) in [6.07, 6.45) is 2.11. The number of hydrogen-bond acceptors (Lipinski definition) is 2. The number of fused-ring (bicyclic) bond motifs is 1. The van der Waals surface area contributed by atoms with Gasteiger partial charge in [0, 0.05) is 24.8 Å². The van der Waals surface area contributed by atoms with E-state index in [0.29, 0.717) is 0 Å². The van der Waals surface area contributed by atoms with Crippen molar-refractivity contribution in [1.82, 2.24) is 0 Å². The Bertz CT molecular complexity index is 747. The molecule has 0 fully saturated rings. The first-order valence-corrected chi connectivity index (χ1v) is 9.24. The van der Waals surface area contributed by atoms with E-state index < -0.39 is 0 Å². The fourth-order valence-electron chi connectivity index (χ4n) is 3.83. The van der Waals surface area contributed by atoms with Gasteiger partial charge in [0.2, 0.25) is 0 Å². The third-order valence-electron chi connectivity index (χ3n) is 5.49. The lowest BCUT2D eigenvalue weighted by atomic mass is 9.75. The molecular formula is C22H29FN2. The average Bonchev–Trinajstić information content (AvgIpc) is 2.58. The Hall–Kier alpha value is -1.87. The number of aryl methyl sites for hydroxylation is 1. The highest BCUT2D eigenvalue weighted by Gasteiger charge is 2.32. The highest BCUT2D eigenvalue weighted by molar-refractivity contribution is 5.63. The lowest BCUT2D eigenvalue weighted by molar-refractivity contribution is 0.451. The van der Waals surface area contributed by atoms with Crippen LogP contribution in [-0.2, 0) is 18.4 Å². The van der Waals surface area contributed by atoms with Crippen molar-refractivity contribution in [2.75, 3.05) is 11.4 Å². The van der Waals surface area contributed by atoms with Gasteiger partial charge in [-0.15, -0.1) is 0 Å². The van der Waals surface area contributed by atoms with Gasteiger partial charge in [-0.3, -0.25) is 0 Å². The van der Waals surface area contributed by atoms with E-state index in [2.05, 4.69) is 44.7 Å². The van der Waals surface area contributed by atoms with Gasteiger partial charge in [-0.2, -0.15) is 0 Å². The van der Waals surface area contributed by atoms with Crippen LogP contribution in [0.5, 0.6) is 0 Å². The fraction of sp³-hybridized carbons (Fsp3) is 0.455. The zero-order chi connectivity index (χ0) is 18.2. The summed E-state index contributed by atoms with van der Waals surface area (Å²) in [4.78, 5) is 2.42. The van der Waals surface area contributed by atoms with Crippen molar-refractivity contribution in [2.45, 2.75) is 58.5 Å². The number of rotatable bonds is 4. The van der Waals surface area contributed by atoms with Crippen LogP contribution in [0, 0.1) is 5.82 Å². The molecule has 2 aromatic rings. The summed E-state index contributed by atoms with van der Waals surface area (Å²) in [5.74, 6) is -0.184. The van der Waals surface area contributed by atoms with Gasteiger partial charge in [0.25, 0.3) is 0 Å². The van der Waals surface area contributed by atoms with Gasteiger partial charge in [-0.05, 0) is 65.6 Å². The van der Waals surface area contributed by atoms with Crippen LogP contribution in [0.1, 0.15) is 62.4 Å². The van der Waals surface area contributed by atoms with Crippen molar-refractivity contribution < 1.29 is 4.39 Å². The number of nitrogens with zero attached hydrogens (tertiary/aromatic N) is 1. The molecule has 0 radical (unpaired) electrons. The SMILES string of the molecule is CCc1cc2c(cc1C(C)N)N(Cc1ccc(F)cc1)CCC2(C)C. The van der Waals surface area contributed by atoms with Crippen molar-refractivity contribution in [3.63, 3.8) is 0 Å². The molecule has 1 aliphatic rings. The molecule has 2 aromatic carbocycles. The van der Waals surface area contributed by atoms with Gasteiger partial charge in [0.15, 0.2) is 0 Å². The van der Waals surface area contributed by atoms with E-state index in [1.807, 2.05) is 12.1 Å². The highest BCUT2D eigenvalue weighted by Crippen LogP contribution is 2.42. The second kappa shape index (κ2) is 6.80. The summed E-state index contributed by atoms with van der Waals surface area (Å²) in [6.45, 7) is 10.7. The maximum atomic E-state index is 13.2. The standard InChI is InChI=1S/C22H29FN2/c1-5-17-12-20-21(13-19(17)15(2)24)25(11-10-22(20,3)4)14-16-6-8-18(23)9-7-16/h6-9,12-13,15H,5,10-11,14,24H2,1-4H3. The Balaban J connectivity index is 2.04. The molecule has 1 heterocycles. The Morgan fingerprint density at radius 1 is 1.20 bits per heavy atom. The van der Waals surface area contributed by atoms with Crippen LogP contribution in [0.3, 0.4) is 0 Å². The van der Waals surface area contributed by atoms with Crippen LogP contribution in [-0.4, -0.2) is 6.54 Å². The third kappa shape index (κ3) is 3.57. The summed E-state index contributed by atoms with van der Waals surface area (Å²) < 4.78 is 13.2. The maximum absolute atomic E-state index is 13.2. The second-order valence-corrected chi connectivity index (χ2v) is 7.89. The molecule has 2 N–H and O–H groups in total. The maximum Gasteiger partial charge on any atom is 0.123 e. The van der Waals surface area contributed by atoms with Gasteiger partial charge in [-0.1, -0.05) is 39.0 Å². The van der Waals surface area contributed by atoms with Gasteiger partial charge in [0.05, 0.1) is 0 Å². The molecule has 1 aliphatic heterocycles. The van der Waals surface area contributed by atoms with Gasteiger partial charge in [0.1, 0.15) is 5.82 Å². The van der Waals surface area contributed by atoms with Crippen molar-refractivity contribution in [3.05, 3.63) is 64.5 Å². The molecule has 134 valence electrons. The molecule has 25 heavy (non-hydrogen) atoms. The topological polar surface area (TPSA) is 29.3 Å². The minimum atomic E-state index is -0.184. The molecular weight excluding hydrogens is 311 g/mol. The van der Waals surface area contributed by atoms with E-state index in [-0.39, 0.29) is 17.3 Å². The Kier molecular flexibility index (Phi) is 4.88. The number of anilines is 1. The first kappa shape index (κ1) is 17.9. The molecule has 0 aromatic heterocycles. The van der Waals surface area contributed by atoms with Crippen molar-refractivity contribution in [3.8, 4) is 0 Å². The number of hydrogen-bond donors (Lipinski definition) is 1.